The molecule has 1 fully saturated rings. The number of rotatable bonds is 3. The molecule has 1 aromatic heterocycles. The standard InChI is InChI=1S/C14H15F2N3/c15-11-3-4-12(16)10(6-11)8-19-9-17-7-14(19)13-2-1-5-18-13/h3-4,6-7,9,13,18H,1-2,5,8H2. The van der Waals surface area contributed by atoms with Gasteiger partial charge in [-0.25, -0.2) is 13.8 Å². The van der Waals surface area contributed by atoms with Gasteiger partial charge in [-0.05, 0) is 37.6 Å². The van der Waals surface area contributed by atoms with E-state index in [4.69, 9.17) is 0 Å². The third kappa shape index (κ3) is 2.51. The second kappa shape index (κ2) is 5.09. The smallest absolute Gasteiger partial charge is 0.128 e. The van der Waals surface area contributed by atoms with Crippen molar-refractivity contribution in [3.63, 3.8) is 0 Å². The van der Waals surface area contributed by atoms with Gasteiger partial charge in [-0.3, -0.25) is 0 Å². The molecule has 5 heteroatoms. The molecule has 0 aliphatic carbocycles. The molecule has 1 N–H and O–H groups in total. The van der Waals surface area contributed by atoms with Crippen LogP contribution in [-0.4, -0.2) is 16.1 Å². The SMILES string of the molecule is Fc1ccc(F)c(Cn2cncc2C2CCCN2)c1. The molecule has 19 heavy (non-hydrogen) atoms. The van der Waals surface area contributed by atoms with Crippen molar-refractivity contribution in [2.75, 3.05) is 6.54 Å². The lowest BCUT2D eigenvalue weighted by molar-refractivity contribution is 0.555. The number of halogens is 2. The van der Waals surface area contributed by atoms with E-state index in [9.17, 15) is 8.78 Å². The minimum atomic E-state index is -0.419. The Morgan fingerprint density at radius 2 is 2.26 bits per heavy atom. The van der Waals surface area contributed by atoms with Crippen LogP contribution in [0.5, 0.6) is 0 Å². The van der Waals surface area contributed by atoms with E-state index in [-0.39, 0.29) is 11.9 Å². The lowest BCUT2D eigenvalue weighted by Gasteiger charge is -2.14. The van der Waals surface area contributed by atoms with E-state index in [1.807, 2.05) is 4.57 Å². The Kier molecular flexibility index (Phi) is 3.29. The molecule has 1 unspecified atom stereocenters. The van der Waals surface area contributed by atoms with Crippen LogP contribution in [0.1, 0.15) is 30.1 Å². The highest BCUT2D eigenvalue weighted by atomic mass is 19.1. The molecule has 0 amide bonds. The normalized spacial score (nSPS) is 18.9. The second-order valence-electron chi connectivity index (χ2n) is 4.83. The molecule has 1 saturated heterocycles. The van der Waals surface area contributed by atoms with Crippen LogP contribution >= 0.6 is 0 Å². The Labute approximate surface area is 110 Å². The van der Waals surface area contributed by atoms with Gasteiger partial charge in [0.05, 0.1) is 18.6 Å². The molecule has 0 radical (unpaired) electrons. The summed E-state index contributed by atoms with van der Waals surface area (Å²) in [7, 11) is 0. The van der Waals surface area contributed by atoms with Crippen molar-refractivity contribution in [3.8, 4) is 0 Å². The number of hydrogen-bond acceptors (Lipinski definition) is 2. The van der Waals surface area contributed by atoms with Crippen molar-refractivity contribution in [3.05, 3.63) is 53.6 Å². The van der Waals surface area contributed by atoms with Crippen LogP contribution in [0, 0.1) is 11.6 Å². The van der Waals surface area contributed by atoms with Crippen LogP contribution in [-0.2, 0) is 6.54 Å². The first-order chi connectivity index (χ1) is 9.24. The third-order valence-corrected chi connectivity index (χ3v) is 3.51. The van der Waals surface area contributed by atoms with Crippen LogP contribution in [0.4, 0.5) is 8.78 Å². The molecule has 3 rings (SSSR count). The lowest BCUT2D eigenvalue weighted by atomic mass is 10.1. The second-order valence-corrected chi connectivity index (χ2v) is 4.83. The van der Waals surface area contributed by atoms with E-state index in [0.29, 0.717) is 12.1 Å². The Bertz CT molecular complexity index is 574. The molecule has 2 aromatic rings. The van der Waals surface area contributed by atoms with Crippen molar-refractivity contribution in [2.24, 2.45) is 0 Å². The number of imidazole rings is 1. The predicted molar refractivity (Wildman–Crippen MR) is 67.7 cm³/mol. The summed E-state index contributed by atoms with van der Waals surface area (Å²) in [6.45, 7) is 1.29. The van der Waals surface area contributed by atoms with E-state index in [1.54, 1.807) is 12.5 Å². The Balaban J connectivity index is 1.87. The fraction of sp³-hybridized carbons (Fsp3) is 0.357. The zero-order valence-corrected chi connectivity index (χ0v) is 10.4. The molecule has 1 aliphatic rings. The van der Waals surface area contributed by atoms with Gasteiger partial charge in [0.25, 0.3) is 0 Å². The topological polar surface area (TPSA) is 29.9 Å². The van der Waals surface area contributed by atoms with Gasteiger partial charge in [0.1, 0.15) is 11.6 Å². The van der Waals surface area contributed by atoms with Gasteiger partial charge < -0.3 is 9.88 Å². The third-order valence-electron chi connectivity index (χ3n) is 3.51. The lowest BCUT2D eigenvalue weighted by Crippen LogP contribution is -2.17. The van der Waals surface area contributed by atoms with Crippen molar-refractivity contribution in [1.82, 2.24) is 14.9 Å². The molecule has 0 spiro atoms. The number of hydrogen-bond donors (Lipinski definition) is 1. The van der Waals surface area contributed by atoms with Gasteiger partial charge in [0.15, 0.2) is 0 Å². The zero-order valence-electron chi connectivity index (χ0n) is 10.4. The maximum absolute atomic E-state index is 13.7. The first-order valence-electron chi connectivity index (χ1n) is 6.41. The summed E-state index contributed by atoms with van der Waals surface area (Å²) in [5.74, 6) is -0.808. The average Bonchev–Trinajstić information content (AvgIpc) is 3.03. The van der Waals surface area contributed by atoms with Gasteiger partial charge >= 0.3 is 0 Å². The van der Waals surface area contributed by atoms with Gasteiger partial charge in [0, 0.05) is 17.8 Å². The predicted octanol–water partition coefficient (Wildman–Crippen LogP) is 2.63. The van der Waals surface area contributed by atoms with Crippen molar-refractivity contribution in [2.45, 2.75) is 25.4 Å². The minimum absolute atomic E-state index is 0.263. The molecule has 0 saturated carbocycles. The van der Waals surface area contributed by atoms with Crippen molar-refractivity contribution < 1.29 is 8.78 Å². The maximum Gasteiger partial charge on any atom is 0.128 e. The monoisotopic (exact) mass is 263 g/mol. The number of benzene rings is 1. The largest absolute Gasteiger partial charge is 0.329 e. The van der Waals surface area contributed by atoms with E-state index >= 15 is 0 Å². The van der Waals surface area contributed by atoms with Crippen molar-refractivity contribution in [1.29, 1.82) is 0 Å². The summed E-state index contributed by atoms with van der Waals surface area (Å²) in [6.07, 6.45) is 5.64. The van der Waals surface area contributed by atoms with Crippen LogP contribution in [0.2, 0.25) is 0 Å². The first kappa shape index (κ1) is 12.3. The quantitative estimate of drug-likeness (QED) is 0.922. The van der Waals surface area contributed by atoms with Crippen LogP contribution in [0.3, 0.4) is 0 Å². The Morgan fingerprint density at radius 1 is 1.37 bits per heavy atom. The Hall–Kier alpha value is -1.75. The molecule has 0 bridgehead atoms. The van der Waals surface area contributed by atoms with Crippen LogP contribution < -0.4 is 5.32 Å². The Morgan fingerprint density at radius 3 is 3.05 bits per heavy atom. The molecule has 1 aliphatic heterocycles. The minimum Gasteiger partial charge on any atom is -0.329 e. The molecule has 1 aromatic carbocycles. The highest BCUT2D eigenvalue weighted by Gasteiger charge is 2.20. The fourth-order valence-corrected chi connectivity index (χ4v) is 2.54. The molecular weight excluding hydrogens is 248 g/mol. The number of aromatic nitrogens is 2. The molecule has 100 valence electrons. The van der Waals surface area contributed by atoms with Crippen LogP contribution in [0.25, 0.3) is 0 Å². The van der Waals surface area contributed by atoms with Gasteiger partial charge in [0.2, 0.25) is 0 Å². The summed E-state index contributed by atoms with van der Waals surface area (Å²) in [5, 5.41) is 3.38. The molecule has 3 nitrogen and oxygen atoms in total. The summed E-state index contributed by atoms with van der Waals surface area (Å²) >= 11 is 0. The van der Waals surface area contributed by atoms with E-state index in [2.05, 4.69) is 10.3 Å². The van der Waals surface area contributed by atoms with E-state index < -0.39 is 5.82 Å². The first-order valence-corrected chi connectivity index (χ1v) is 6.41. The van der Waals surface area contributed by atoms with E-state index in [0.717, 1.165) is 37.2 Å². The zero-order chi connectivity index (χ0) is 13.2. The fourth-order valence-electron chi connectivity index (χ4n) is 2.54. The van der Waals surface area contributed by atoms with Gasteiger partial charge in [-0.1, -0.05) is 0 Å². The highest BCUT2D eigenvalue weighted by molar-refractivity contribution is 5.20. The van der Waals surface area contributed by atoms with Gasteiger partial charge in [-0.2, -0.15) is 0 Å². The van der Waals surface area contributed by atoms with Gasteiger partial charge in [-0.15, -0.1) is 0 Å². The summed E-state index contributed by atoms with van der Waals surface area (Å²) in [6, 6.07) is 3.79. The summed E-state index contributed by atoms with van der Waals surface area (Å²) in [4.78, 5) is 4.12. The maximum atomic E-state index is 13.7. The van der Waals surface area contributed by atoms with Crippen molar-refractivity contribution >= 4 is 0 Å². The highest BCUT2D eigenvalue weighted by Crippen LogP contribution is 2.23. The summed E-state index contributed by atoms with van der Waals surface area (Å²) in [5.41, 5.74) is 1.37. The number of nitrogens with one attached hydrogen (secondary N) is 1. The van der Waals surface area contributed by atoms with E-state index in [1.165, 1.54) is 6.07 Å². The molecule has 1 atom stereocenters. The summed E-state index contributed by atoms with van der Waals surface area (Å²) < 4.78 is 28.7. The number of nitrogens with zero attached hydrogens (tertiary/aromatic N) is 2. The average molecular weight is 263 g/mol. The van der Waals surface area contributed by atoms with Crippen LogP contribution in [0.15, 0.2) is 30.7 Å². The molecular formula is C14H15F2N3. The molecule has 2 heterocycles.